The lowest BCUT2D eigenvalue weighted by Gasteiger charge is -2.61. The number of nitrogens with zero attached hydrogens (tertiary/aromatic N) is 2. The highest BCUT2D eigenvalue weighted by molar-refractivity contribution is 14.0. The molecule has 3 aliphatic rings. The first-order valence-corrected chi connectivity index (χ1v) is 9.17. The minimum Gasteiger partial charge on any atom is -0.379 e. The van der Waals surface area contributed by atoms with Crippen molar-refractivity contribution in [3.63, 3.8) is 0 Å². The molecule has 0 aromatic carbocycles. The van der Waals surface area contributed by atoms with Crippen molar-refractivity contribution in [2.75, 3.05) is 53.0 Å². The Balaban J connectivity index is 0.00000208. The Labute approximate surface area is 163 Å². The molecule has 2 aliphatic carbocycles. The normalized spacial score (nSPS) is 29.3. The summed E-state index contributed by atoms with van der Waals surface area (Å²) in [6.45, 7) is 8.68. The molecule has 6 nitrogen and oxygen atoms in total. The van der Waals surface area contributed by atoms with Crippen LogP contribution in [0.15, 0.2) is 4.99 Å². The average Bonchev–Trinajstić information content (AvgIpc) is 2.51. The second kappa shape index (κ2) is 9.54. The van der Waals surface area contributed by atoms with Gasteiger partial charge in [0.25, 0.3) is 0 Å². The first-order chi connectivity index (χ1) is 11.3. The van der Waals surface area contributed by atoms with Crippen LogP contribution in [-0.4, -0.2) is 76.1 Å². The number of ether oxygens (including phenoxy) is 2. The van der Waals surface area contributed by atoms with Gasteiger partial charge in [0.05, 0.1) is 19.3 Å². The van der Waals surface area contributed by atoms with E-state index in [-0.39, 0.29) is 24.0 Å². The van der Waals surface area contributed by atoms with Gasteiger partial charge in [-0.1, -0.05) is 6.42 Å². The highest BCUT2D eigenvalue weighted by Gasteiger charge is 2.59. The predicted molar refractivity (Wildman–Crippen MR) is 107 cm³/mol. The molecule has 140 valence electrons. The van der Waals surface area contributed by atoms with E-state index in [1.807, 2.05) is 7.05 Å². The van der Waals surface area contributed by atoms with E-state index in [9.17, 15) is 0 Å². The molecule has 2 unspecified atom stereocenters. The largest absolute Gasteiger partial charge is 0.379 e. The summed E-state index contributed by atoms with van der Waals surface area (Å²) in [5.41, 5.74) is 0.373. The highest BCUT2D eigenvalue weighted by atomic mass is 127. The maximum absolute atomic E-state index is 5.92. The molecule has 2 N–H and O–H groups in total. The number of nitrogens with one attached hydrogen (secondary N) is 2. The number of hydrogen-bond acceptors (Lipinski definition) is 4. The van der Waals surface area contributed by atoms with E-state index in [1.54, 1.807) is 0 Å². The lowest BCUT2D eigenvalue weighted by atomic mass is 9.51. The van der Waals surface area contributed by atoms with Gasteiger partial charge < -0.3 is 20.1 Å². The fourth-order valence-electron chi connectivity index (χ4n) is 4.16. The van der Waals surface area contributed by atoms with Crippen molar-refractivity contribution >= 4 is 29.9 Å². The Morgan fingerprint density at radius 2 is 2.08 bits per heavy atom. The van der Waals surface area contributed by atoms with E-state index in [0.29, 0.717) is 17.6 Å². The number of rotatable bonds is 6. The summed E-state index contributed by atoms with van der Waals surface area (Å²) in [4.78, 5) is 6.83. The van der Waals surface area contributed by atoms with E-state index in [4.69, 9.17) is 9.47 Å². The molecule has 0 aromatic heterocycles. The summed E-state index contributed by atoms with van der Waals surface area (Å²) < 4.78 is 11.3. The van der Waals surface area contributed by atoms with Crippen LogP contribution in [0.25, 0.3) is 0 Å². The molecule has 7 heteroatoms. The number of guanidine groups is 1. The number of hydrogen-bond donors (Lipinski definition) is 2. The van der Waals surface area contributed by atoms with Crippen LogP contribution >= 0.6 is 24.0 Å². The first kappa shape index (κ1) is 20.2. The Morgan fingerprint density at radius 1 is 1.33 bits per heavy atom. The quantitative estimate of drug-likeness (QED) is 0.363. The van der Waals surface area contributed by atoms with Crippen molar-refractivity contribution in [2.24, 2.45) is 10.4 Å². The predicted octanol–water partition coefficient (Wildman–Crippen LogP) is 1.45. The SMILES string of the molecule is CCOC1CC(NC(=NC)NCCN2CCOCC2)C12CCC2.I. The summed E-state index contributed by atoms with van der Waals surface area (Å²) in [5.74, 6) is 0.935. The fourth-order valence-corrected chi connectivity index (χ4v) is 4.16. The smallest absolute Gasteiger partial charge is 0.191 e. The molecule has 2 saturated carbocycles. The molecule has 0 aromatic rings. The summed E-state index contributed by atoms with van der Waals surface area (Å²) in [6, 6.07) is 0.516. The summed E-state index contributed by atoms with van der Waals surface area (Å²) in [5, 5.41) is 7.10. The second-order valence-electron chi connectivity index (χ2n) is 6.92. The first-order valence-electron chi connectivity index (χ1n) is 9.17. The van der Waals surface area contributed by atoms with Crippen molar-refractivity contribution in [3.8, 4) is 0 Å². The minimum absolute atomic E-state index is 0. The standard InChI is InChI=1S/C17H32N4O2.HI/c1-3-23-15-13-14(17(15)5-4-6-17)20-16(18-2)19-7-8-21-9-11-22-12-10-21;/h14-15H,3-13H2,1-2H3,(H2,18,19,20);1H. The molecule has 3 fully saturated rings. The van der Waals surface area contributed by atoms with Gasteiger partial charge in [-0.3, -0.25) is 9.89 Å². The van der Waals surface area contributed by atoms with Gasteiger partial charge in [-0.25, -0.2) is 0 Å². The van der Waals surface area contributed by atoms with Gasteiger partial charge in [-0.2, -0.15) is 0 Å². The van der Waals surface area contributed by atoms with E-state index in [0.717, 1.165) is 58.4 Å². The molecular weight excluding hydrogens is 419 g/mol. The van der Waals surface area contributed by atoms with Crippen molar-refractivity contribution in [1.29, 1.82) is 0 Å². The van der Waals surface area contributed by atoms with E-state index < -0.39 is 0 Å². The zero-order valence-corrected chi connectivity index (χ0v) is 17.4. The van der Waals surface area contributed by atoms with E-state index >= 15 is 0 Å². The third-order valence-electron chi connectivity index (χ3n) is 5.80. The van der Waals surface area contributed by atoms with Crippen LogP contribution in [0.4, 0.5) is 0 Å². The van der Waals surface area contributed by atoms with Crippen molar-refractivity contribution < 1.29 is 9.47 Å². The van der Waals surface area contributed by atoms with Crippen molar-refractivity contribution in [1.82, 2.24) is 15.5 Å². The molecule has 24 heavy (non-hydrogen) atoms. The van der Waals surface area contributed by atoms with Crippen LogP contribution < -0.4 is 10.6 Å². The van der Waals surface area contributed by atoms with E-state index in [1.165, 1.54) is 19.3 Å². The third-order valence-corrected chi connectivity index (χ3v) is 5.80. The maximum atomic E-state index is 5.92. The molecule has 0 radical (unpaired) electrons. The number of morpholine rings is 1. The Morgan fingerprint density at radius 3 is 2.67 bits per heavy atom. The third kappa shape index (κ3) is 4.34. The molecular formula is C17H33IN4O2. The van der Waals surface area contributed by atoms with Crippen molar-refractivity contribution in [3.05, 3.63) is 0 Å². The summed E-state index contributed by atoms with van der Waals surface area (Å²) in [6.07, 6.45) is 5.48. The zero-order valence-electron chi connectivity index (χ0n) is 15.1. The number of aliphatic imine (C=N–C) groups is 1. The van der Waals surface area contributed by atoms with Crippen LogP contribution in [0, 0.1) is 5.41 Å². The Kier molecular flexibility index (Phi) is 8.03. The van der Waals surface area contributed by atoms with Crippen LogP contribution in [0.1, 0.15) is 32.6 Å². The Bertz CT molecular complexity index is 411. The second-order valence-corrected chi connectivity index (χ2v) is 6.92. The molecule has 0 bridgehead atoms. The monoisotopic (exact) mass is 452 g/mol. The Hall–Kier alpha value is -0.120. The lowest BCUT2D eigenvalue weighted by Crippen LogP contribution is -2.68. The molecule has 1 spiro atoms. The fraction of sp³-hybridized carbons (Fsp3) is 0.941. The van der Waals surface area contributed by atoms with Gasteiger partial charge in [0.2, 0.25) is 0 Å². The van der Waals surface area contributed by atoms with Gasteiger partial charge >= 0.3 is 0 Å². The molecule has 0 amide bonds. The molecule has 3 rings (SSSR count). The van der Waals surface area contributed by atoms with Crippen LogP contribution in [0.5, 0.6) is 0 Å². The minimum atomic E-state index is 0. The van der Waals surface area contributed by atoms with Gasteiger partial charge in [0, 0.05) is 51.3 Å². The van der Waals surface area contributed by atoms with Crippen molar-refractivity contribution in [2.45, 2.75) is 44.8 Å². The molecule has 1 aliphatic heterocycles. The van der Waals surface area contributed by atoms with Crippen LogP contribution in [0.2, 0.25) is 0 Å². The van der Waals surface area contributed by atoms with Crippen LogP contribution in [-0.2, 0) is 9.47 Å². The van der Waals surface area contributed by atoms with Gasteiger partial charge in [0.1, 0.15) is 0 Å². The number of halogens is 1. The maximum Gasteiger partial charge on any atom is 0.191 e. The average molecular weight is 452 g/mol. The van der Waals surface area contributed by atoms with Gasteiger partial charge in [-0.05, 0) is 26.2 Å². The zero-order chi connectivity index (χ0) is 16.1. The lowest BCUT2D eigenvalue weighted by molar-refractivity contribution is -0.168. The van der Waals surface area contributed by atoms with E-state index in [2.05, 4.69) is 27.4 Å². The van der Waals surface area contributed by atoms with Crippen LogP contribution in [0.3, 0.4) is 0 Å². The van der Waals surface area contributed by atoms with Gasteiger partial charge in [0.15, 0.2) is 5.96 Å². The summed E-state index contributed by atoms with van der Waals surface area (Å²) in [7, 11) is 1.86. The molecule has 2 atom stereocenters. The highest BCUT2D eigenvalue weighted by Crippen LogP contribution is 2.57. The molecule has 1 saturated heterocycles. The van der Waals surface area contributed by atoms with Gasteiger partial charge in [-0.15, -0.1) is 24.0 Å². The molecule has 1 heterocycles. The topological polar surface area (TPSA) is 58.1 Å². The summed E-state index contributed by atoms with van der Waals surface area (Å²) >= 11 is 0.